The molecule has 0 aliphatic rings. The molecule has 0 fully saturated rings. The molecule has 0 aliphatic heterocycles. The van der Waals surface area contributed by atoms with Crippen molar-refractivity contribution < 1.29 is 4.74 Å². The van der Waals surface area contributed by atoms with E-state index in [1.54, 1.807) is 7.11 Å². The fourth-order valence-electron chi connectivity index (χ4n) is 1.79. The van der Waals surface area contributed by atoms with Gasteiger partial charge in [0.25, 0.3) is 0 Å². The monoisotopic (exact) mass is 207 g/mol. The third kappa shape index (κ3) is 2.72. The van der Waals surface area contributed by atoms with Crippen molar-refractivity contribution in [2.24, 2.45) is 0 Å². The number of benzene rings is 1. The zero-order valence-corrected chi connectivity index (χ0v) is 10.3. The lowest BCUT2D eigenvalue weighted by Gasteiger charge is -2.17. The molecule has 1 unspecified atom stereocenters. The second kappa shape index (κ2) is 5.17. The van der Waals surface area contributed by atoms with Crippen molar-refractivity contribution >= 4 is 0 Å². The molecule has 0 heterocycles. The Labute approximate surface area is 92.6 Å². The van der Waals surface area contributed by atoms with Crippen LogP contribution in [-0.4, -0.2) is 20.7 Å². The third-order valence-corrected chi connectivity index (χ3v) is 2.89. The first-order chi connectivity index (χ1) is 7.10. The van der Waals surface area contributed by atoms with Crippen molar-refractivity contribution in [3.8, 4) is 5.75 Å². The quantitative estimate of drug-likeness (QED) is 0.819. The van der Waals surface area contributed by atoms with Crippen molar-refractivity contribution in [1.82, 2.24) is 5.32 Å². The largest absolute Gasteiger partial charge is 0.496 e. The van der Waals surface area contributed by atoms with Gasteiger partial charge >= 0.3 is 0 Å². The van der Waals surface area contributed by atoms with Crippen LogP contribution in [0.2, 0.25) is 0 Å². The Balaban J connectivity index is 3.09. The second-order valence-corrected chi connectivity index (χ2v) is 4.14. The van der Waals surface area contributed by atoms with Gasteiger partial charge in [0.15, 0.2) is 0 Å². The van der Waals surface area contributed by atoms with Gasteiger partial charge in [-0.25, -0.2) is 0 Å². The minimum absolute atomic E-state index is 0.476. The van der Waals surface area contributed by atoms with Gasteiger partial charge in [0.2, 0.25) is 0 Å². The summed E-state index contributed by atoms with van der Waals surface area (Å²) < 4.78 is 5.42. The number of ether oxygens (including phenoxy) is 1. The second-order valence-electron chi connectivity index (χ2n) is 4.14. The highest BCUT2D eigenvalue weighted by atomic mass is 16.5. The fraction of sp³-hybridized carbons (Fsp3) is 0.538. The van der Waals surface area contributed by atoms with E-state index in [0.717, 1.165) is 12.3 Å². The van der Waals surface area contributed by atoms with E-state index >= 15 is 0 Å². The molecular formula is C13H21NO. The van der Waals surface area contributed by atoms with Crippen molar-refractivity contribution in [2.45, 2.75) is 26.7 Å². The van der Waals surface area contributed by atoms with E-state index in [-0.39, 0.29) is 0 Å². The Hall–Kier alpha value is -1.02. The molecule has 1 aromatic carbocycles. The van der Waals surface area contributed by atoms with Gasteiger partial charge in [-0.3, -0.25) is 0 Å². The standard InChI is InChI=1S/C13H21NO/c1-9-6-12(11(3)8-14-4)13(15-5)7-10(9)2/h6-7,11,14H,8H2,1-5H3. The summed E-state index contributed by atoms with van der Waals surface area (Å²) in [6.45, 7) is 7.44. The number of aryl methyl sites for hydroxylation is 2. The van der Waals surface area contributed by atoms with E-state index in [0.29, 0.717) is 5.92 Å². The average molecular weight is 207 g/mol. The van der Waals surface area contributed by atoms with Crippen LogP contribution in [0.4, 0.5) is 0 Å². The van der Waals surface area contributed by atoms with E-state index in [2.05, 4.69) is 38.2 Å². The molecule has 0 bridgehead atoms. The minimum atomic E-state index is 0.476. The summed E-state index contributed by atoms with van der Waals surface area (Å²) in [6, 6.07) is 4.35. The van der Waals surface area contributed by atoms with Gasteiger partial charge in [0, 0.05) is 6.54 Å². The lowest BCUT2D eigenvalue weighted by Crippen LogP contribution is -2.15. The van der Waals surface area contributed by atoms with Crippen LogP contribution in [0.1, 0.15) is 29.5 Å². The minimum Gasteiger partial charge on any atom is -0.496 e. The summed E-state index contributed by atoms with van der Waals surface area (Å²) in [5.41, 5.74) is 3.90. The van der Waals surface area contributed by atoms with Crippen molar-refractivity contribution in [3.63, 3.8) is 0 Å². The maximum atomic E-state index is 5.42. The summed E-state index contributed by atoms with van der Waals surface area (Å²) in [5, 5.41) is 3.20. The predicted octanol–water partition coefficient (Wildman–Crippen LogP) is 2.63. The number of hydrogen-bond acceptors (Lipinski definition) is 2. The van der Waals surface area contributed by atoms with Gasteiger partial charge in [0.1, 0.15) is 5.75 Å². The topological polar surface area (TPSA) is 21.3 Å². The number of hydrogen-bond donors (Lipinski definition) is 1. The molecule has 1 rings (SSSR count). The molecule has 0 saturated heterocycles. The smallest absolute Gasteiger partial charge is 0.122 e. The highest BCUT2D eigenvalue weighted by Gasteiger charge is 2.12. The van der Waals surface area contributed by atoms with Crippen LogP contribution in [0.3, 0.4) is 0 Å². The average Bonchev–Trinajstić information content (AvgIpc) is 2.21. The molecule has 84 valence electrons. The van der Waals surface area contributed by atoms with Crippen LogP contribution in [0.5, 0.6) is 5.75 Å². The van der Waals surface area contributed by atoms with Gasteiger partial charge in [-0.1, -0.05) is 13.0 Å². The molecule has 15 heavy (non-hydrogen) atoms. The Morgan fingerprint density at radius 3 is 2.40 bits per heavy atom. The molecule has 0 saturated carbocycles. The SMILES string of the molecule is CNCC(C)c1cc(C)c(C)cc1OC. The molecule has 2 heteroatoms. The molecule has 0 aromatic heterocycles. The Morgan fingerprint density at radius 1 is 1.27 bits per heavy atom. The molecule has 0 aliphatic carbocycles. The number of likely N-dealkylation sites (N-methyl/N-ethyl adjacent to an activating group) is 1. The maximum absolute atomic E-state index is 5.42. The van der Waals surface area contributed by atoms with Crippen LogP contribution >= 0.6 is 0 Å². The van der Waals surface area contributed by atoms with Gasteiger partial charge < -0.3 is 10.1 Å². The lowest BCUT2D eigenvalue weighted by atomic mass is 9.96. The third-order valence-electron chi connectivity index (χ3n) is 2.89. The molecule has 0 radical (unpaired) electrons. The van der Waals surface area contributed by atoms with Crippen molar-refractivity contribution in [3.05, 3.63) is 28.8 Å². The Kier molecular flexibility index (Phi) is 4.15. The predicted molar refractivity (Wildman–Crippen MR) is 64.8 cm³/mol. The lowest BCUT2D eigenvalue weighted by molar-refractivity contribution is 0.405. The van der Waals surface area contributed by atoms with E-state index < -0.39 is 0 Å². The molecule has 1 aromatic rings. The van der Waals surface area contributed by atoms with Gasteiger partial charge in [0.05, 0.1) is 7.11 Å². The van der Waals surface area contributed by atoms with Crippen molar-refractivity contribution in [2.75, 3.05) is 20.7 Å². The molecule has 1 N–H and O–H groups in total. The highest BCUT2D eigenvalue weighted by molar-refractivity contribution is 5.43. The molecular weight excluding hydrogens is 186 g/mol. The first kappa shape index (κ1) is 12.1. The summed E-state index contributed by atoms with van der Waals surface area (Å²) >= 11 is 0. The molecule has 0 spiro atoms. The van der Waals surface area contributed by atoms with Crippen LogP contribution in [-0.2, 0) is 0 Å². The summed E-state index contributed by atoms with van der Waals surface area (Å²) in [5.74, 6) is 1.48. The fourth-order valence-corrected chi connectivity index (χ4v) is 1.79. The molecule has 0 amide bonds. The van der Waals surface area contributed by atoms with E-state index in [4.69, 9.17) is 4.74 Å². The van der Waals surface area contributed by atoms with Crippen LogP contribution in [0.25, 0.3) is 0 Å². The zero-order valence-electron chi connectivity index (χ0n) is 10.3. The first-order valence-corrected chi connectivity index (χ1v) is 5.39. The number of nitrogens with one attached hydrogen (secondary N) is 1. The van der Waals surface area contributed by atoms with Crippen LogP contribution in [0.15, 0.2) is 12.1 Å². The Bertz CT molecular complexity index is 334. The normalized spacial score (nSPS) is 12.6. The van der Waals surface area contributed by atoms with Gasteiger partial charge in [-0.2, -0.15) is 0 Å². The van der Waals surface area contributed by atoms with E-state index in [1.165, 1.54) is 16.7 Å². The first-order valence-electron chi connectivity index (χ1n) is 5.39. The zero-order chi connectivity index (χ0) is 11.4. The Morgan fingerprint density at radius 2 is 1.87 bits per heavy atom. The van der Waals surface area contributed by atoms with Gasteiger partial charge in [-0.05, 0) is 49.6 Å². The van der Waals surface area contributed by atoms with Crippen molar-refractivity contribution in [1.29, 1.82) is 0 Å². The molecule has 1 atom stereocenters. The van der Waals surface area contributed by atoms with E-state index in [9.17, 15) is 0 Å². The summed E-state index contributed by atoms with van der Waals surface area (Å²) in [7, 11) is 3.71. The molecule has 2 nitrogen and oxygen atoms in total. The van der Waals surface area contributed by atoms with Gasteiger partial charge in [-0.15, -0.1) is 0 Å². The summed E-state index contributed by atoms with van der Waals surface area (Å²) in [6.07, 6.45) is 0. The highest BCUT2D eigenvalue weighted by Crippen LogP contribution is 2.29. The van der Waals surface area contributed by atoms with Crippen LogP contribution in [0, 0.1) is 13.8 Å². The number of rotatable bonds is 4. The number of methoxy groups -OCH3 is 1. The van der Waals surface area contributed by atoms with Crippen LogP contribution < -0.4 is 10.1 Å². The summed E-state index contributed by atoms with van der Waals surface area (Å²) in [4.78, 5) is 0. The maximum Gasteiger partial charge on any atom is 0.122 e. The van der Waals surface area contributed by atoms with E-state index in [1.807, 2.05) is 7.05 Å².